The molecule has 2 fully saturated rings. The Bertz CT molecular complexity index is 316. The van der Waals surface area contributed by atoms with Gasteiger partial charge in [0, 0.05) is 32.9 Å². The van der Waals surface area contributed by atoms with Crippen molar-refractivity contribution in [3.63, 3.8) is 0 Å². The highest BCUT2D eigenvalue weighted by atomic mass is 16.5. The molecule has 2 unspecified atom stereocenters. The summed E-state index contributed by atoms with van der Waals surface area (Å²) in [6.45, 7) is 7.97. The highest BCUT2D eigenvalue weighted by molar-refractivity contribution is 5.82. The van der Waals surface area contributed by atoms with Gasteiger partial charge in [-0.3, -0.25) is 4.79 Å². The summed E-state index contributed by atoms with van der Waals surface area (Å²) < 4.78 is 11.1. The van der Waals surface area contributed by atoms with E-state index in [0.29, 0.717) is 12.5 Å². The first-order chi connectivity index (χ1) is 9.58. The Morgan fingerprint density at radius 2 is 2.05 bits per heavy atom. The van der Waals surface area contributed by atoms with Gasteiger partial charge in [-0.15, -0.1) is 0 Å². The van der Waals surface area contributed by atoms with Crippen molar-refractivity contribution in [2.45, 2.75) is 45.3 Å². The lowest BCUT2D eigenvalue weighted by Gasteiger charge is -2.29. The van der Waals surface area contributed by atoms with E-state index in [2.05, 4.69) is 13.8 Å². The predicted octanol–water partition coefficient (Wildman–Crippen LogP) is 1.01. The van der Waals surface area contributed by atoms with Crippen molar-refractivity contribution in [3.8, 4) is 0 Å². The minimum absolute atomic E-state index is 0.0903. The highest BCUT2D eigenvalue weighted by Crippen LogP contribution is 2.21. The lowest BCUT2D eigenvalue weighted by molar-refractivity contribution is -0.134. The summed E-state index contributed by atoms with van der Waals surface area (Å²) in [6, 6.07) is -0.372. The van der Waals surface area contributed by atoms with Crippen LogP contribution in [0.1, 0.15) is 33.1 Å². The molecule has 5 nitrogen and oxygen atoms in total. The quantitative estimate of drug-likeness (QED) is 0.818. The van der Waals surface area contributed by atoms with E-state index in [-0.39, 0.29) is 24.0 Å². The van der Waals surface area contributed by atoms with Gasteiger partial charge >= 0.3 is 0 Å². The molecule has 2 aliphatic heterocycles. The van der Waals surface area contributed by atoms with E-state index in [1.54, 1.807) is 0 Å². The van der Waals surface area contributed by atoms with Crippen molar-refractivity contribution < 1.29 is 14.3 Å². The number of nitrogens with two attached hydrogens (primary N) is 1. The van der Waals surface area contributed by atoms with Crippen molar-refractivity contribution in [1.29, 1.82) is 0 Å². The lowest BCUT2D eigenvalue weighted by atomic mass is 9.91. The Kier molecular flexibility index (Phi) is 5.81. The fraction of sp³-hybridized carbons (Fsp3) is 0.933. The zero-order valence-corrected chi connectivity index (χ0v) is 12.7. The van der Waals surface area contributed by atoms with Gasteiger partial charge in [-0.1, -0.05) is 13.8 Å². The molecule has 116 valence electrons. The highest BCUT2D eigenvalue weighted by Gasteiger charge is 2.34. The van der Waals surface area contributed by atoms with Crippen LogP contribution >= 0.6 is 0 Å². The SMILES string of the molecule is CC(C)COC1CCN(C(=O)C(N)C2CCOCC2)C1. The van der Waals surface area contributed by atoms with Crippen LogP contribution in [-0.2, 0) is 14.3 Å². The predicted molar refractivity (Wildman–Crippen MR) is 77.3 cm³/mol. The van der Waals surface area contributed by atoms with Crippen LogP contribution < -0.4 is 5.73 Å². The Morgan fingerprint density at radius 3 is 2.70 bits per heavy atom. The second-order valence-corrected chi connectivity index (χ2v) is 6.40. The fourth-order valence-corrected chi connectivity index (χ4v) is 2.88. The van der Waals surface area contributed by atoms with E-state index in [0.717, 1.165) is 45.6 Å². The van der Waals surface area contributed by atoms with Gasteiger partial charge < -0.3 is 20.1 Å². The number of rotatable bonds is 5. The Balaban J connectivity index is 1.78. The van der Waals surface area contributed by atoms with Gasteiger partial charge in [0.1, 0.15) is 0 Å². The van der Waals surface area contributed by atoms with E-state index >= 15 is 0 Å². The van der Waals surface area contributed by atoms with Crippen LogP contribution in [0.3, 0.4) is 0 Å². The molecule has 1 amide bonds. The molecule has 0 aliphatic carbocycles. The van der Waals surface area contributed by atoms with Gasteiger partial charge in [0.15, 0.2) is 0 Å². The number of nitrogens with zero attached hydrogens (tertiary/aromatic N) is 1. The molecule has 20 heavy (non-hydrogen) atoms. The first-order valence-corrected chi connectivity index (χ1v) is 7.81. The van der Waals surface area contributed by atoms with Crippen LogP contribution in [0.5, 0.6) is 0 Å². The number of hydrogen-bond acceptors (Lipinski definition) is 4. The van der Waals surface area contributed by atoms with Crippen molar-refractivity contribution in [2.24, 2.45) is 17.6 Å². The van der Waals surface area contributed by atoms with Crippen LogP contribution in [0.2, 0.25) is 0 Å². The van der Waals surface area contributed by atoms with Gasteiger partial charge in [-0.05, 0) is 31.1 Å². The Hall–Kier alpha value is -0.650. The van der Waals surface area contributed by atoms with E-state index in [1.165, 1.54) is 0 Å². The average Bonchev–Trinajstić information content (AvgIpc) is 2.93. The van der Waals surface area contributed by atoms with Gasteiger partial charge in [0.25, 0.3) is 0 Å². The third-order valence-electron chi connectivity index (χ3n) is 4.18. The topological polar surface area (TPSA) is 64.8 Å². The second kappa shape index (κ2) is 7.38. The van der Waals surface area contributed by atoms with E-state index in [9.17, 15) is 4.79 Å². The van der Waals surface area contributed by atoms with Crippen molar-refractivity contribution in [1.82, 2.24) is 4.90 Å². The van der Waals surface area contributed by atoms with E-state index in [1.807, 2.05) is 4.90 Å². The molecule has 2 heterocycles. The van der Waals surface area contributed by atoms with Crippen LogP contribution in [0.25, 0.3) is 0 Å². The van der Waals surface area contributed by atoms with Crippen LogP contribution in [0, 0.1) is 11.8 Å². The molecule has 0 aromatic carbocycles. The third-order valence-corrected chi connectivity index (χ3v) is 4.18. The first kappa shape index (κ1) is 15.7. The molecular weight excluding hydrogens is 256 g/mol. The zero-order chi connectivity index (χ0) is 14.5. The minimum Gasteiger partial charge on any atom is -0.381 e. The second-order valence-electron chi connectivity index (χ2n) is 6.40. The fourth-order valence-electron chi connectivity index (χ4n) is 2.88. The summed E-state index contributed by atoms with van der Waals surface area (Å²) in [5.74, 6) is 0.892. The Morgan fingerprint density at radius 1 is 1.35 bits per heavy atom. The lowest BCUT2D eigenvalue weighted by Crippen LogP contribution is -2.48. The van der Waals surface area contributed by atoms with Gasteiger partial charge in [-0.25, -0.2) is 0 Å². The number of carbonyl (C=O) groups is 1. The van der Waals surface area contributed by atoms with E-state index < -0.39 is 0 Å². The molecule has 0 spiro atoms. The molecule has 0 aromatic heterocycles. The summed E-state index contributed by atoms with van der Waals surface area (Å²) in [5.41, 5.74) is 6.15. The maximum absolute atomic E-state index is 12.4. The summed E-state index contributed by atoms with van der Waals surface area (Å²) >= 11 is 0. The maximum Gasteiger partial charge on any atom is 0.239 e. The molecule has 0 bridgehead atoms. The molecule has 2 N–H and O–H groups in total. The number of carbonyl (C=O) groups excluding carboxylic acids is 1. The summed E-state index contributed by atoms with van der Waals surface area (Å²) in [5, 5.41) is 0. The summed E-state index contributed by atoms with van der Waals surface area (Å²) in [6.07, 6.45) is 2.91. The van der Waals surface area contributed by atoms with E-state index in [4.69, 9.17) is 15.2 Å². The number of likely N-dealkylation sites (tertiary alicyclic amines) is 1. The van der Waals surface area contributed by atoms with Crippen molar-refractivity contribution >= 4 is 5.91 Å². The first-order valence-electron chi connectivity index (χ1n) is 7.81. The van der Waals surface area contributed by atoms with Crippen LogP contribution in [0.4, 0.5) is 0 Å². The molecule has 0 saturated carbocycles. The smallest absolute Gasteiger partial charge is 0.239 e. The molecular formula is C15H28N2O3. The standard InChI is InChI=1S/C15H28N2O3/c1-11(2)10-20-13-3-6-17(9-13)15(18)14(16)12-4-7-19-8-5-12/h11-14H,3-10,16H2,1-2H3. The third kappa shape index (κ3) is 4.17. The number of amides is 1. The number of ether oxygens (including phenoxy) is 2. The molecule has 0 aromatic rings. The normalized spacial score (nSPS) is 26.2. The van der Waals surface area contributed by atoms with Gasteiger partial charge in [-0.2, -0.15) is 0 Å². The monoisotopic (exact) mass is 284 g/mol. The molecule has 5 heteroatoms. The zero-order valence-electron chi connectivity index (χ0n) is 12.7. The molecule has 2 atom stereocenters. The van der Waals surface area contributed by atoms with Gasteiger partial charge in [0.05, 0.1) is 12.1 Å². The average molecular weight is 284 g/mol. The van der Waals surface area contributed by atoms with Crippen molar-refractivity contribution in [2.75, 3.05) is 32.9 Å². The summed E-state index contributed by atoms with van der Waals surface area (Å²) in [4.78, 5) is 14.3. The van der Waals surface area contributed by atoms with Crippen molar-refractivity contribution in [3.05, 3.63) is 0 Å². The summed E-state index contributed by atoms with van der Waals surface area (Å²) in [7, 11) is 0. The number of hydrogen-bond donors (Lipinski definition) is 1. The van der Waals surface area contributed by atoms with Crippen LogP contribution in [-0.4, -0.2) is 55.9 Å². The maximum atomic E-state index is 12.4. The molecule has 2 saturated heterocycles. The molecule has 0 radical (unpaired) electrons. The molecule has 2 rings (SSSR count). The van der Waals surface area contributed by atoms with Crippen LogP contribution in [0.15, 0.2) is 0 Å². The van der Waals surface area contributed by atoms with Gasteiger partial charge in [0.2, 0.25) is 5.91 Å². The minimum atomic E-state index is -0.372. The molecule has 2 aliphatic rings. The Labute approximate surface area is 121 Å². The largest absolute Gasteiger partial charge is 0.381 e.